The third-order valence-electron chi connectivity index (χ3n) is 3.86. The Hall–Kier alpha value is -1.33. The van der Waals surface area contributed by atoms with E-state index in [0.29, 0.717) is 18.8 Å². The van der Waals surface area contributed by atoms with E-state index in [9.17, 15) is 9.90 Å². The molecule has 1 aliphatic rings. The van der Waals surface area contributed by atoms with Crippen LogP contribution in [-0.2, 0) is 0 Å². The molecule has 5 nitrogen and oxygen atoms in total. The normalized spacial score (nSPS) is 18.6. The Morgan fingerprint density at radius 3 is 2.58 bits per heavy atom. The predicted molar refractivity (Wildman–Crippen MR) is 72.1 cm³/mol. The van der Waals surface area contributed by atoms with Crippen molar-refractivity contribution in [1.29, 1.82) is 0 Å². The van der Waals surface area contributed by atoms with E-state index >= 15 is 0 Å². The molecular formula is C14H22N2O3. The number of aliphatic hydroxyl groups is 1. The Morgan fingerprint density at radius 2 is 2.11 bits per heavy atom. The van der Waals surface area contributed by atoms with Gasteiger partial charge in [-0.05, 0) is 19.4 Å². The molecule has 1 unspecified atom stereocenters. The molecule has 0 saturated carbocycles. The standard InChI is InChI=1S/C14H22N2O3/c1-3-12(10-17)15-5-7-16(8-6-15)14(18)13-11(2)4-9-19-13/h4,9,12,17H,3,5-8,10H2,1-2H3. The van der Waals surface area contributed by atoms with Crippen molar-refractivity contribution in [3.8, 4) is 0 Å². The maximum absolute atomic E-state index is 12.3. The van der Waals surface area contributed by atoms with E-state index in [1.54, 1.807) is 6.26 Å². The highest BCUT2D eigenvalue weighted by molar-refractivity contribution is 5.92. The van der Waals surface area contributed by atoms with E-state index in [2.05, 4.69) is 11.8 Å². The van der Waals surface area contributed by atoms with Gasteiger partial charge < -0.3 is 14.4 Å². The molecule has 19 heavy (non-hydrogen) atoms. The van der Waals surface area contributed by atoms with Gasteiger partial charge in [0.1, 0.15) is 0 Å². The molecule has 2 rings (SSSR count). The van der Waals surface area contributed by atoms with Crippen molar-refractivity contribution >= 4 is 5.91 Å². The monoisotopic (exact) mass is 266 g/mol. The first-order valence-corrected chi connectivity index (χ1v) is 6.85. The second-order valence-electron chi connectivity index (χ2n) is 5.01. The lowest BCUT2D eigenvalue weighted by atomic mass is 10.1. The highest BCUT2D eigenvalue weighted by Crippen LogP contribution is 2.15. The zero-order valence-corrected chi connectivity index (χ0v) is 11.6. The minimum Gasteiger partial charge on any atom is -0.459 e. The highest BCUT2D eigenvalue weighted by Gasteiger charge is 2.27. The number of aryl methyl sites for hydroxylation is 1. The zero-order chi connectivity index (χ0) is 13.8. The molecule has 1 aromatic heterocycles. The molecule has 1 atom stereocenters. The summed E-state index contributed by atoms with van der Waals surface area (Å²) in [6.07, 6.45) is 2.49. The van der Waals surface area contributed by atoms with Crippen molar-refractivity contribution < 1.29 is 14.3 Å². The number of piperazine rings is 1. The van der Waals surface area contributed by atoms with Crippen molar-refractivity contribution in [1.82, 2.24) is 9.80 Å². The quantitative estimate of drug-likeness (QED) is 0.887. The minimum absolute atomic E-state index is 0.0285. The number of amides is 1. The lowest BCUT2D eigenvalue weighted by Crippen LogP contribution is -2.52. The molecule has 1 fully saturated rings. The van der Waals surface area contributed by atoms with Gasteiger partial charge in [-0.25, -0.2) is 0 Å². The lowest BCUT2D eigenvalue weighted by molar-refractivity contribution is 0.0449. The fourth-order valence-corrected chi connectivity index (χ4v) is 2.53. The summed E-state index contributed by atoms with van der Waals surface area (Å²) >= 11 is 0. The summed E-state index contributed by atoms with van der Waals surface area (Å²) in [6.45, 7) is 7.14. The van der Waals surface area contributed by atoms with Crippen molar-refractivity contribution in [2.24, 2.45) is 0 Å². The van der Waals surface area contributed by atoms with Gasteiger partial charge in [-0.3, -0.25) is 9.69 Å². The van der Waals surface area contributed by atoms with Gasteiger partial charge in [-0.15, -0.1) is 0 Å². The lowest BCUT2D eigenvalue weighted by Gasteiger charge is -2.38. The third kappa shape index (κ3) is 2.98. The van der Waals surface area contributed by atoms with E-state index in [4.69, 9.17) is 4.42 Å². The molecule has 1 saturated heterocycles. The zero-order valence-electron chi connectivity index (χ0n) is 11.6. The van der Waals surface area contributed by atoms with Crippen molar-refractivity contribution in [3.05, 3.63) is 23.7 Å². The summed E-state index contributed by atoms with van der Waals surface area (Å²) in [5, 5.41) is 9.30. The summed E-state index contributed by atoms with van der Waals surface area (Å²) in [4.78, 5) is 16.3. The smallest absolute Gasteiger partial charge is 0.289 e. The van der Waals surface area contributed by atoms with Crippen LogP contribution in [0.5, 0.6) is 0 Å². The largest absolute Gasteiger partial charge is 0.459 e. The number of hydrogen-bond acceptors (Lipinski definition) is 4. The van der Waals surface area contributed by atoms with Crippen LogP contribution in [0.2, 0.25) is 0 Å². The van der Waals surface area contributed by atoms with Crippen LogP contribution in [0, 0.1) is 6.92 Å². The number of aliphatic hydroxyl groups excluding tert-OH is 1. The summed E-state index contributed by atoms with van der Waals surface area (Å²) in [5.74, 6) is 0.418. The summed E-state index contributed by atoms with van der Waals surface area (Å²) in [6, 6.07) is 2.02. The maximum atomic E-state index is 12.3. The molecule has 5 heteroatoms. The minimum atomic E-state index is -0.0285. The molecule has 1 amide bonds. The first kappa shape index (κ1) is 14.1. The van der Waals surface area contributed by atoms with E-state index in [-0.39, 0.29) is 18.6 Å². The molecule has 0 bridgehead atoms. The van der Waals surface area contributed by atoms with Crippen LogP contribution in [0.15, 0.2) is 16.7 Å². The summed E-state index contributed by atoms with van der Waals surface area (Å²) < 4.78 is 5.25. The predicted octanol–water partition coefficient (Wildman–Crippen LogP) is 1.12. The third-order valence-corrected chi connectivity index (χ3v) is 3.86. The molecule has 106 valence electrons. The number of carbonyl (C=O) groups excluding carboxylic acids is 1. The van der Waals surface area contributed by atoms with Gasteiger partial charge in [0, 0.05) is 37.8 Å². The maximum Gasteiger partial charge on any atom is 0.289 e. The van der Waals surface area contributed by atoms with Crippen LogP contribution >= 0.6 is 0 Å². The second kappa shape index (κ2) is 6.21. The molecule has 1 N–H and O–H groups in total. The van der Waals surface area contributed by atoms with Gasteiger partial charge in [-0.1, -0.05) is 6.92 Å². The van der Waals surface area contributed by atoms with Crippen LogP contribution in [0.25, 0.3) is 0 Å². The fraction of sp³-hybridized carbons (Fsp3) is 0.643. The van der Waals surface area contributed by atoms with Crippen molar-refractivity contribution in [2.45, 2.75) is 26.3 Å². The van der Waals surface area contributed by atoms with Gasteiger partial charge in [0.25, 0.3) is 5.91 Å². The number of nitrogens with zero attached hydrogens (tertiary/aromatic N) is 2. The Labute approximate surface area is 113 Å². The van der Waals surface area contributed by atoms with E-state index in [1.165, 1.54) is 0 Å². The molecular weight excluding hydrogens is 244 g/mol. The Morgan fingerprint density at radius 1 is 1.42 bits per heavy atom. The van der Waals surface area contributed by atoms with Gasteiger partial charge in [0.15, 0.2) is 5.76 Å². The molecule has 1 aromatic rings. The van der Waals surface area contributed by atoms with Crippen LogP contribution in [0.4, 0.5) is 0 Å². The van der Waals surface area contributed by atoms with Crippen LogP contribution in [0.3, 0.4) is 0 Å². The average Bonchev–Trinajstić information content (AvgIpc) is 2.86. The van der Waals surface area contributed by atoms with Crippen molar-refractivity contribution in [3.63, 3.8) is 0 Å². The topological polar surface area (TPSA) is 56.9 Å². The van der Waals surface area contributed by atoms with Crippen molar-refractivity contribution in [2.75, 3.05) is 32.8 Å². The van der Waals surface area contributed by atoms with Crippen LogP contribution in [0.1, 0.15) is 29.5 Å². The fourth-order valence-electron chi connectivity index (χ4n) is 2.53. The summed E-state index contributed by atoms with van der Waals surface area (Å²) in [5.41, 5.74) is 0.884. The second-order valence-corrected chi connectivity index (χ2v) is 5.01. The Balaban J connectivity index is 1.93. The van der Waals surface area contributed by atoms with Gasteiger partial charge >= 0.3 is 0 Å². The van der Waals surface area contributed by atoms with Gasteiger partial charge in [0.05, 0.1) is 12.9 Å². The average molecular weight is 266 g/mol. The molecule has 1 aliphatic heterocycles. The molecule has 0 aromatic carbocycles. The first-order chi connectivity index (χ1) is 9.17. The molecule has 0 spiro atoms. The number of furan rings is 1. The van der Waals surface area contributed by atoms with Gasteiger partial charge in [0.2, 0.25) is 0 Å². The first-order valence-electron chi connectivity index (χ1n) is 6.85. The Bertz CT molecular complexity index is 418. The number of rotatable bonds is 4. The highest BCUT2D eigenvalue weighted by atomic mass is 16.3. The number of carbonyl (C=O) groups is 1. The molecule has 0 aliphatic carbocycles. The Kier molecular flexibility index (Phi) is 4.61. The van der Waals surface area contributed by atoms with E-state index in [1.807, 2.05) is 17.9 Å². The van der Waals surface area contributed by atoms with Gasteiger partial charge in [-0.2, -0.15) is 0 Å². The summed E-state index contributed by atoms with van der Waals surface area (Å²) in [7, 11) is 0. The van der Waals surface area contributed by atoms with E-state index < -0.39 is 0 Å². The SMILES string of the molecule is CCC(CO)N1CCN(C(=O)c2occc2C)CC1. The molecule has 2 heterocycles. The van der Waals surface area contributed by atoms with Crippen LogP contribution < -0.4 is 0 Å². The molecule has 0 radical (unpaired) electrons. The van der Waals surface area contributed by atoms with Crippen LogP contribution in [-0.4, -0.2) is 59.6 Å². The van der Waals surface area contributed by atoms with E-state index in [0.717, 1.165) is 25.1 Å². The number of hydrogen-bond donors (Lipinski definition) is 1.